The van der Waals surface area contributed by atoms with Gasteiger partial charge in [-0.3, -0.25) is 43.7 Å². The minimum absolute atomic E-state index is 0.164. The summed E-state index contributed by atoms with van der Waals surface area (Å²) in [6.45, 7) is 9.60. The Morgan fingerprint density at radius 3 is 1.86 bits per heavy atom. The average Bonchev–Trinajstić information content (AvgIpc) is 3.91. The number of nitrogens with zero attached hydrogens (tertiary/aromatic N) is 10. The van der Waals surface area contributed by atoms with E-state index in [1.807, 2.05) is 45.0 Å². The first-order chi connectivity index (χ1) is 26.8. The van der Waals surface area contributed by atoms with E-state index >= 15 is 0 Å². The number of nitrogens with one attached hydrogen (secondary N) is 2. The van der Waals surface area contributed by atoms with Crippen molar-refractivity contribution in [1.82, 2.24) is 48.5 Å². The third-order valence-electron chi connectivity index (χ3n) is 8.82. The Morgan fingerprint density at radius 2 is 1.30 bits per heavy atom. The van der Waals surface area contributed by atoms with Gasteiger partial charge < -0.3 is 25.7 Å². The summed E-state index contributed by atoms with van der Waals surface area (Å²) in [7, 11) is 3.83. The Balaban J connectivity index is 1.38. The predicted molar refractivity (Wildman–Crippen MR) is 209 cm³/mol. The number of fused-ring (bicyclic) bond motifs is 2. The van der Waals surface area contributed by atoms with Crippen molar-refractivity contribution >= 4 is 57.7 Å². The maximum atomic E-state index is 13.6. The lowest BCUT2D eigenvalue weighted by Crippen LogP contribution is -2.20. The van der Waals surface area contributed by atoms with Gasteiger partial charge in [-0.15, -0.1) is 0 Å². The molecule has 292 valence electrons. The molecule has 1 aromatic carbocycles. The van der Waals surface area contributed by atoms with Gasteiger partial charge in [-0.2, -0.15) is 10.2 Å². The van der Waals surface area contributed by atoms with Gasteiger partial charge in [0.15, 0.2) is 5.65 Å². The minimum Gasteiger partial charge on any atom is -0.490 e. The van der Waals surface area contributed by atoms with Crippen molar-refractivity contribution in [3.63, 3.8) is 0 Å². The second-order valence-electron chi connectivity index (χ2n) is 13.2. The number of benzene rings is 1. The van der Waals surface area contributed by atoms with Crippen LogP contribution in [0, 0.1) is 13.8 Å². The third kappa shape index (κ3) is 8.11. The van der Waals surface area contributed by atoms with Gasteiger partial charge in [0.2, 0.25) is 23.7 Å². The average molecular weight is 765 g/mol. The van der Waals surface area contributed by atoms with Crippen molar-refractivity contribution in [3.8, 4) is 5.75 Å². The molecule has 0 aliphatic heterocycles. The highest BCUT2D eigenvalue weighted by Gasteiger charge is 2.23. The van der Waals surface area contributed by atoms with Crippen molar-refractivity contribution in [1.29, 1.82) is 0 Å². The maximum absolute atomic E-state index is 13.6. The number of hydrogen-bond donors (Lipinski definition) is 4. The van der Waals surface area contributed by atoms with Crippen LogP contribution in [0.5, 0.6) is 5.75 Å². The summed E-state index contributed by atoms with van der Waals surface area (Å²) in [4.78, 5) is 67.1. The van der Waals surface area contributed by atoms with Gasteiger partial charge in [0.1, 0.15) is 34.8 Å². The van der Waals surface area contributed by atoms with Gasteiger partial charge in [-0.05, 0) is 72.1 Å². The van der Waals surface area contributed by atoms with Gasteiger partial charge in [0.05, 0.1) is 22.5 Å². The molecule has 4 amide bonds. The van der Waals surface area contributed by atoms with E-state index in [1.54, 1.807) is 56.6 Å². The molecule has 0 spiro atoms. The van der Waals surface area contributed by atoms with E-state index in [0.29, 0.717) is 77.0 Å². The van der Waals surface area contributed by atoms with Gasteiger partial charge >= 0.3 is 0 Å². The summed E-state index contributed by atoms with van der Waals surface area (Å²) in [5.41, 5.74) is 15.3. The molecule has 6 N–H and O–H groups in total. The summed E-state index contributed by atoms with van der Waals surface area (Å²) in [5, 5.41) is 14.6. The molecule has 0 saturated heterocycles. The molecule has 56 heavy (non-hydrogen) atoms. The van der Waals surface area contributed by atoms with E-state index < -0.39 is 23.6 Å². The molecule has 19 nitrogen and oxygen atoms in total. The lowest BCUT2D eigenvalue weighted by Gasteiger charge is -2.14. The Labute approximate surface area is 321 Å². The Kier molecular flexibility index (Phi) is 11.3. The number of pyridine rings is 1. The van der Waals surface area contributed by atoms with E-state index in [1.165, 1.54) is 12.3 Å². The van der Waals surface area contributed by atoms with Crippen LogP contribution in [0.3, 0.4) is 0 Å². The van der Waals surface area contributed by atoms with Gasteiger partial charge in [0, 0.05) is 44.5 Å². The standard InChI is InChI=1S/C37H44N14O5/c1-7-50-27(15-21(3)45-50)34(54)43-36-41-25-17-23(31(38)52)19-29(56-14-13-47(5)6)30(25)48(36)11-9-10-12-49-33-26(18-24(20-40-33)32(39)53)42-37(49)44-35(55)28-16-22(4)46-51(28)8-2/h9-10,15-20H,7-8,11-14H2,1-6H3,(H2,38,52)(H2,39,53)(H,41,43,54)(H,42,44,55)/b10-9+. The molecule has 0 unspecified atom stereocenters. The highest BCUT2D eigenvalue weighted by molar-refractivity contribution is 6.05. The monoisotopic (exact) mass is 764 g/mol. The van der Waals surface area contributed by atoms with Crippen molar-refractivity contribution in [3.05, 3.63) is 82.6 Å². The quantitative estimate of drug-likeness (QED) is 0.104. The second-order valence-corrected chi connectivity index (χ2v) is 13.2. The van der Waals surface area contributed by atoms with Crippen molar-refractivity contribution < 1.29 is 23.9 Å². The summed E-state index contributed by atoms with van der Waals surface area (Å²) in [6, 6.07) is 8.00. The molecule has 6 rings (SSSR count). The number of rotatable bonds is 16. The number of allylic oxidation sites excluding steroid dienone is 2. The van der Waals surface area contributed by atoms with Crippen LogP contribution in [-0.2, 0) is 26.2 Å². The molecule has 19 heteroatoms. The van der Waals surface area contributed by atoms with Gasteiger partial charge in [-0.25, -0.2) is 15.0 Å². The predicted octanol–water partition coefficient (Wildman–Crippen LogP) is 2.73. The van der Waals surface area contributed by atoms with E-state index in [-0.39, 0.29) is 36.1 Å². The lowest BCUT2D eigenvalue weighted by atomic mass is 10.1. The van der Waals surface area contributed by atoms with Crippen LogP contribution in [0.1, 0.15) is 66.9 Å². The number of imidazole rings is 2. The Bertz CT molecular complexity index is 2500. The number of hydrogen-bond acceptors (Lipinski definition) is 11. The molecule has 0 saturated carbocycles. The zero-order valence-corrected chi connectivity index (χ0v) is 32.0. The van der Waals surface area contributed by atoms with Crippen LogP contribution >= 0.6 is 0 Å². The summed E-state index contributed by atoms with van der Waals surface area (Å²) >= 11 is 0. The first-order valence-corrected chi connectivity index (χ1v) is 17.9. The topological polar surface area (TPSA) is 241 Å². The fourth-order valence-electron chi connectivity index (χ4n) is 6.14. The van der Waals surface area contributed by atoms with E-state index in [0.717, 1.165) is 0 Å². The fourth-order valence-corrected chi connectivity index (χ4v) is 6.14. The second kappa shape index (κ2) is 16.2. The molecule has 0 fully saturated rings. The Morgan fingerprint density at radius 1 is 0.768 bits per heavy atom. The molecule has 0 aliphatic rings. The summed E-state index contributed by atoms with van der Waals surface area (Å²) in [5.74, 6) is -1.44. The molecule has 5 aromatic heterocycles. The molecule has 6 aromatic rings. The molecule has 0 radical (unpaired) electrons. The molecule has 5 heterocycles. The largest absolute Gasteiger partial charge is 0.490 e. The zero-order valence-electron chi connectivity index (χ0n) is 32.0. The van der Waals surface area contributed by atoms with Crippen LogP contribution in [0.2, 0.25) is 0 Å². The highest BCUT2D eigenvalue weighted by atomic mass is 16.5. The van der Waals surface area contributed by atoms with Crippen molar-refractivity contribution in [2.24, 2.45) is 11.5 Å². The van der Waals surface area contributed by atoms with E-state index in [4.69, 9.17) is 21.2 Å². The number of likely N-dealkylation sites (N-methyl/N-ethyl adjacent to an activating group) is 1. The number of primary amides is 2. The van der Waals surface area contributed by atoms with Crippen LogP contribution in [0.25, 0.3) is 22.2 Å². The number of nitrogens with two attached hydrogens (primary N) is 2. The number of aryl methyl sites for hydroxylation is 4. The van der Waals surface area contributed by atoms with Crippen LogP contribution < -0.4 is 26.8 Å². The SMILES string of the molecule is CCn1nc(C)cc1C(=O)Nc1nc2cc(C(N)=O)cnc2n1C/C=C/Cn1c(NC(=O)c2cc(C)nn2CC)nc2cc(C(N)=O)cc(OCCN(C)C)c21. The third-order valence-corrected chi connectivity index (χ3v) is 8.82. The maximum Gasteiger partial charge on any atom is 0.276 e. The molecular formula is C37H44N14O5. The number of carbonyl (C=O) groups excluding carboxylic acids is 4. The molecular weight excluding hydrogens is 720 g/mol. The number of amides is 4. The fraction of sp³-hybridized carbons (Fsp3) is 0.324. The number of ether oxygens (including phenoxy) is 1. The number of aromatic nitrogens is 9. The molecule has 0 bridgehead atoms. The van der Waals surface area contributed by atoms with Gasteiger partial charge in [-0.1, -0.05) is 12.2 Å². The summed E-state index contributed by atoms with van der Waals surface area (Å²) < 4.78 is 12.8. The lowest BCUT2D eigenvalue weighted by molar-refractivity contribution is 0.0991. The first-order valence-electron chi connectivity index (χ1n) is 17.9. The normalized spacial score (nSPS) is 11.6. The highest BCUT2D eigenvalue weighted by Crippen LogP contribution is 2.31. The van der Waals surface area contributed by atoms with Crippen LogP contribution in [-0.4, -0.2) is 99.4 Å². The molecule has 0 aliphatic carbocycles. The van der Waals surface area contributed by atoms with E-state index in [9.17, 15) is 19.2 Å². The minimum atomic E-state index is -0.667. The number of anilines is 2. The van der Waals surface area contributed by atoms with Crippen LogP contribution in [0.15, 0.2) is 48.7 Å². The smallest absolute Gasteiger partial charge is 0.276 e. The zero-order chi connectivity index (χ0) is 40.3. The van der Waals surface area contributed by atoms with Crippen molar-refractivity contribution in [2.75, 3.05) is 37.9 Å². The van der Waals surface area contributed by atoms with Crippen molar-refractivity contribution in [2.45, 2.75) is 53.9 Å². The number of carbonyl (C=O) groups is 4. The van der Waals surface area contributed by atoms with Gasteiger partial charge in [0.25, 0.3) is 11.8 Å². The molecule has 0 atom stereocenters. The first kappa shape index (κ1) is 38.8. The Hall–Kier alpha value is -6.89. The van der Waals surface area contributed by atoms with Crippen LogP contribution in [0.4, 0.5) is 11.9 Å². The summed E-state index contributed by atoms with van der Waals surface area (Å²) in [6.07, 6.45) is 5.02. The van der Waals surface area contributed by atoms with E-state index in [2.05, 4.69) is 30.8 Å².